The van der Waals surface area contributed by atoms with Gasteiger partial charge in [0.05, 0.1) is 13.2 Å². The molecule has 0 fully saturated rings. The van der Waals surface area contributed by atoms with Crippen molar-refractivity contribution in [2.75, 3.05) is 32.8 Å². The fraction of sp³-hybridized carbons (Fsp3) is 0.962. The van der Waals surface area contributed by atoms with Gasteiger partial charge in [-0.1, -0.05) is 208 Å². The summed E-state index contributed by atoms with van der Waals surface area (Å²) in [5, 5.41) is 0. The minimum Gasteiger partial charge on any atom is -0.465 e. The summed E-state index contributed by atoms with van der Waals surface area (Å²) in [6.07, 6.45) is 46.6. The molecule has 5 heteroatoms. The Balaban J connectivity index is 4.15. The van der Waals surface area contributed by atoms with E-state index in [-0.39, 0.29) is 11.9 Å². The second kappa shape index (κ2) is 46.0. The van der Waals surface area contributed by atoms with Crippen molar-refractivity contribution in [1.82, 2.24) is 4.90 Å². The van der Waals surface area contributed by atoms with Gasteiger partial charge in [-0.2, -0.15) is 0 Å². The quantitative estimate of drug-likeness (QED) is 0.0453. The third-order valence-corrected chi connectivity index (χ3v) is 12.4. The third-order valence-electron chi connectivity index (χ3n) is 12.4. The van der Waals surface area contributed by atoms with Crippen LogP contribution in [0.1, 0.15) is 279 Å². The van der Waals surface area contributed by atoms with Crippen LogP contribution in [0.15, 0.2) is 0 Å². The van der Waals surface area contributed by atoms with Gasteiger partial charge < -0.3 is 14.4 Å². The van der Waals surface area contributed by atoms with Crippen molar-refractivity contribution in [3.8, 4) is 0 Å². The van der Waals surface area contributed by atoms with Crippen LogP contribution in [-0.4, -0.2) is 49.7 Å². The number of esters is 2. The fourth-order valence-corrected chi connectivity index (χ4v) is 8.32. The summed E-state index contributed by atoms with van der Waals surface area (Å²) in [4.78, 5) is 27.8. The van der Waals surface area contributed by atoms with Crippen molar-refractivity contribution in [3.05, 3.63) is 0 Å². The first-order valence-electron chi connectivity index (χ1n) is 26.0. The topological polar surface area (TPSA) is 55.8 Å². The maximum absolute atomic E-state index is 12.6. The summed E-state index contributed by atoms with van der Waals surface area (Å²) in [6, 6.07) is 0. The van der Waals surface area contributed by atoms with Crippen LogP contribution in [-0.2, 0) is 19.1 Å². The number of unbranched alkanes of at least 4 members (excludes halogenated alkanes) is 25. The van der Waals surface area contributed by atoms with Gasteiger partial charge in [-0.15, -0.1) is 0 Å². The lowest BCUT2D eigenvalue weighted by Crippen LogP contribution is -2.27. The van der Waals surface area contributed by atoms with Gasteiger partial charge in [0.15, 0.2) is 0 Å². The fourth-order valence-electron chi connectivity index (χ4n) is 8.32. The molecular formula is C52H103NO4. The summed E-state index contributed by atoms with van der Waals surface area (Å²) in [5.74, 6) is 1.15. The first-order chi connectivity index (χ1) is 28.0. The summed E-state index contributed by atoms with van der Waals surface area (Å²) in [6.45, 7) is 16.3. The summed E-state index contributed by atoms with van der Waals surface area (Å²) in [7, 11) is 0. The molecule has 0 aliphatic rings. The molecule has 0 aromatic rings. The highest BCUT2D eigenvalue weighted by Gasteiger charge is 2.14. The lowest BCUT2D eigenvalue weighted by molar-refractivity contribution is -0.146. The molecule has 0 aromatic carbocycles. The predicted octanol–water partition coefficient (Wildman–Crippen LogP) is 16.5. The van der Waals surface area contributed by atoms with Crippen LogP contribution < -0.4 is 0 Å². The molecule has 0 saturated carbocycles. The molecule has 0 N–H and O–H groups in total. The van der Waals surface area contributed by atoms with Gasteiger partial charge in [-0.05, 0) is 89.3 Å². The summed E-state index contributed by atoms with van der Waals surface area (Å²) in [5.41, 5.74) is 0. The monoisotopic (exact) mass is 806 g/mol. The molecular weight excluding hydrogens is 703 g/mol. The van der Waals surface area contributed by atoms with Gasteiger partial charge in [0.1, 0.15) is 0 Å². The average molecular weight is 806 g/mol. The molecule has 0 bridgehead atoms. The molecule has 2 unspecified atom stereocenters. The Morgan fingerprint density at radius 2 is 0.596 bits per heavy atom. The Morgan fingerprint density at radius 1 is 0.333 bits per heavy atom. The Morgan fingerprint density at radius 3 is 0.947 bits per heavy atom. The zero-order valence-corrected chi connectivity index (χ0v) is 39.6. The van der Waals surface area contributed by atoms with Crippen molar-refractivity contribution >= 4 is 11.9 Å². The lowest BCUT2D eigenvalue weighted by Gasteiger charge is -2.22. The van der Waals surface area contributed by atoms with Crippen LogP contribution in [0, 0.1) is 11.8 Å². The molecule has 340 valence electrons. The molecule has 57 heavy (non-hydrogen) atoms. The first kappa shape index (κ1) is 55.9. The van der Waals surface area contributed by atoms with Crippen molar-refractivity contribution < 1.29 is 19.1 Å². The van der Waals surface area contributed by atoms with Crippen molar-refractivity contribution in [3.63, 3.8) is 0 Å². The molecule has 0 spiro atoms. The van der Waals surface area contributed by atoms with Crippen molar-refractivity contribution in [1.29, 1.82) is 0 Å². The second-order valence-electron chi connectivity index (χ2n) is 18.1. The maximum atomic E-state index is 12.6. The molecule has 0 saturated heterocycles. The smallest absolute Gasteiger partial charge is 0.305 e. The van der Waals surface area contributed by atoms with E-state index in [9.17, 15) is 9.59 Å². The second-order valence-corrected chi connectivity index (χ2v) is 18.1. The highest BCUT2D eigenvalue weighted by molar-refractivity contribution is 5.69. The Bertz CT molecular complexity index is 756. The number of nitrogens with zero attached hydrogens (tertiary/aromatic N) is 1. The zero-order valence-electron chi connectivity index (χ0n) is 39.6. The Labute approximate surface area is 358 Å². The van der Waals surface area contributed by atoms with E-state index in [1.54, 1.807) is 0 Å². The van der Waals surface area contributed by atoms with Crippen LogP contribution in [0.3, 0.4) is 0 Å². The van der Waals surface area contributed by atoms with Gasteiger partial charge in [-0.3, -0.25) is 9.59 Å². The van der Waals surface area contributed by atoms with Crippen LogP contribution in [0.25, 0.3) is 0 Å². The van der Waals surface area contributed by atoms with Crippen molar-refractivity contribution in [2.45, 2.75) is 279 Å². The minimum atomic E-state index is 0.0258. The molecule has 0 aliphatic heterocycles. The summed E-state index contributed by atoms with van der Waals surface area (Å²) >= 11 is 0. The van der Waals surface area contributed by atoms with Crippen LogP contribution in [0.2, 0.25) is 0 Å². The minimum absolute atomic E-state index is 0.0258. The van der Waals surface area contributed by atoms with Crippen molar-refractivity contribution in [2.24, 2.45) is 11.8 Å². The van der Waals surface area contributed by atoms with Gasteiger partial charge in [0.25, 0.3) is 0 Å². The van der Waals surface area contributed by atoms with E-state index >= 15 is 0 Å². The van der Waals surface area contributed by atoms with Gasteiger partial charge in [0, 0.05) is 12.8 Å². The van der Waals surface area contributed by atoms with Crippen LogP contribution in [0.5, 0.6) is 0 Å². The van der Waals surface area contributed by atoms with E-state index in [4.69, 9.17) is 9.47 Å². The highest BCUT2D eigenvalue weighted by atomic mass is 16.5. The van der Waals surface area contributed by atoms with Crippen LogP contribution >= 0.6 is 0 Å². The highest BCUT2D eigenvalue weighted by Crippen LogP contribution is 2.22. The number of hydrogen-bond donors (Lipinski definition) is 0. The molecule has 0 rings (SSSR count). The number of rotatable bonds is 47. The molecule has 2 atom stereocenters. The van der Waals surface area contributed by atoms with E-state index in [0.29, 0.717) is 37.9 Å². The van der Waals surface area contributed by atoms with E-state index in [0.717, 1.165) is 25.7 Å². The van der Waals surface area contributed by atoms with Crippen LogP contribution in [0.4, 0.5) is 0 Å². The van der Waals surface area contributed by atoms with Gasteiger partial charge in [0.2, 0.25) is 0 Å². The summed E-state index contributed by atoms with van der Waals surface area (Å²) < 4.78 is 11.6. The molecule has 5 nitrogen and oxygen atoms in total. The number of hydrogen-bond acceptors (Lipinski definition) is 5. The van der Waals surface area contributed by atoms with Gasteiger partial charge in [-0.25, -0.2) is 0 Å². The molecule has 0 heterocycles. The SMILES string of the molecule is CCCCCCCCC(CCCCCC)COC(=O)CCCCCCCN(CCCC)CCCCCCCC(=O)OCC(CCCCCC)CCCCCCCC. The number of carbonyl (C=O) groups excluding carboxylic acids is 2. The van der Waals surface area contributed by atoms with E-state index < -0.39 is 0 Å². The van der Waals surface area contributed by atoms with Gasteiger partial charge >= 0.3 is 11.9 Å². The largest absolute Gasteiger partial charge is 0.465 e. The maximum Gasteiger partial charge on any atom is 0.305 e. The third kappa shape index (κ3) is 41.4. The number of carbonyl (C=O) groups is 2. The Hall–Kier alpha value is -1.10. The molecule has 0 aromatic heterocycles. The first-order valence-corrected chi connectivity index (χ1v) is 26.0. The molecule has 0 radical (unpaired) electrons. The van der Waals surface area contributed by atoms with E-state index in [1.165, 1.54) is 225 Å². The Kier molecular flexibility index (Phi) is 45.1. The molecule has 0 amide bonds. The standard InChI is InChI=1S/C52H103NO4/c1-6-11-16-20-24-32-40-49(38-30-18-13-8-3)47-56-51(54)42-34-26-22-28-36-45-53(44-15-10-5)46-37-29-23-27-35-43-52(55)57-48-50(39-31-19-14-9-4)41-33-25-21-17-12-7-2/h49-50H,6-48H2,1-5H3. The van der Waals surface area contributed by atoms with E-state index in [1.807, 2.05) is 0 Å². The van der Waals surface area contributed by atoms with E-state index in [2.05, 4.69) is 39.5 Å². The molecule has 0 aliphatic carbocycles. The average Bonchev–Trinajstić information content (AvgIpc) is 3.21. The normalized spacial score (nSPS) is 12.7. The zero-order chi connectivity index (χ0) is 41.7. The predicted molar refractivity (Wildman–Crippen MR) is 249 cm³/mol. The lowest BCUT2D eigenvalue weighted by atomic mass is 9.95. The number of ether oxygens (including phenoxy) is 2.